The SMILES string of the molecule is Cl.O=C(C1CCNC1)N1CCCC2(CCCCC2)C1. The Morgan fingerprint density at radius 1 is 1.11 bits per heavy atom. The Labute approximate surface area is 122 Å². The van der Waals surface area contributed by atoms with Gasteiger partial charge in [0.2, 0.25) is 5.91 Å². The lowest BCUT2D eigenvalue weighted by molar-refractivity contribution is -0.139. The number of likely N-dealkylation sites (tertiary alicyclic amines) is 1. The van der Waals surface area contributed by atoms with Crippen LogP contribution in [-0.2, 0) is 4.79 Å². The molecule has 1 amide bonds. The Balaban J connectivity index is 0.00000133. The lowest BCUT2D eigenvalue weighted by Gasteiger charge is -2.45. The Bertz CT molecular complexity index is 304. The van der Waals surface area contributed by atoms with Gasteiger partial charge in [0.05, 0.1) is 5.92 Å². The first-order chi connectivity index (χ1) is 8.79. The van der Waals surface area contributed by atoms with Crippen LogP contribution in [0.4, 0.5) is 0 Å². The summed E-state index contributed by atoms with van der Waals surface area (Å²) >= 11 is 0. The minimum atomic E-state index is 0. The van der Waals surface area contributed by atoms with E-state index < -0.39 is 0 Å². The molecule has 1 spiro atoms. The number of hydrogen-bond acceptors (Lipinski definition) is 2. The minimum absolute atomic E-state index is 0. The summed E-state index contributed by atoms with van der Waals surface area (Å²) < 4.78 is 0. The van der Waals surface area contributed by atoms with Gasteiger partial charge in [-0.1, -0.05) is 19.3 Å². The van der Waals surface area contributed by atoms with Crippen LogP contribution in [0.3, 0.4) is 0 Å². The average Bonchev–Trinajstić information content (AvgIpc) is 2.93. The summed E-state index contributed by atoms with van der Waals surface area (Å²) in [4.78, 5) is 14.7. The van der Waals surface area contributed by atoms with Gasteiger partial charge in [0.15, 0.2) is 0 Å². The van der Waals surface area contributed by atoms with E-state index in [2.05, 4.69) is 10.2 Å². The van der Waals surface area contributed by atoms with Gasteiger partial charge in [-0.2, -0.15) is 0 Å². The van der Waals surface area contributed by atoms with Gasteiger partial charge < -0.3 is 10.2 Å². The van der Waals surface area contributed by atoms with Gasteiger partial charge in [-0.15, -0.1) is 12.4 Å². The van der Waals surface area contributed by atoms with Crippen molar-refractivity contribution in [1.29, 1.82) is 0 Å². The molecule has 2 aliphatic heterocycles. The van der Waals surface area contributed by atoms with E-state index in [0.29, 0.717) is 11.3 Å². The van der Waals surface area contributed by atoms with Gasteiger partial charge in [0.25, 0.3) is 0 Å². The third-order valence-corrected chi connectivity index (χ3v) is 5.30. The average molecular weight is 287 g/mol. The third-order valence-electron chi connectivity index (χ3n) is 5.30. The normalized spacial score (nSPS) is 30.1. The molecule has 0 radical (unpaired) electrons. The fourth-order valence-electron chi connectivity index (χ4n) is 4.23. The van der Waals surface area contributed by atoms with Crippen LogP contribution in [0.15, 0.2) is 0 Å². The number of piperidine rings is 1. The summed E-state index contributed by atoms with van der Waals surface area (Å²) in [5.74, 6) is 0.702. The van der Waals surface area contributed by atoms with E-state index in [0.717, 1.165) is 32.6 Å². The maximum atomic E-state index is 12.5. The Morgan fingerprint density at radius 3 is 2.53 bits per heavy atom. The maximum Gasteiger partial charge on any atom is 0.227 e. The summed E-state index contributed by atoms with van der Waals surface area (Å²) in [6, 6.07) is 0. The number of carbonyl (C=O) groups excluding carboxylic acids is 1. The predicted octanol–water partition coefficient (Wildman–Crippen LogP) is 2.59. The second-order valence-corrected chi connectivity index (χ2v) is 6.61. The molecule has 3 aliphatic rings. The van der Waals surface area contributed by atoms with Gasteiger partial charge in [-0.3, -0.25) is 4.79 Å². The Hall–Kier alpha value is -0.280. The van der Waals surface area contributed by atoms with Crippen LogP contribution < -0.4 is 5.32 Å². The zero-order valence-corrected chi connectivity index (χ0v) is 12.6. The topological polar surface area (TPSA) is 32.3 Å². The fourth-order valence-corrected chi connectivity index (χ4v) is 4.23. The molecular formula is C15H27ClN2O. The van der Waals surface area contributed by atoms with Crippen LogP contribution in [0.1, 0.15) is 51.4 Å². The van der Waals surface area contributed by atoms with E-state index in [1.165, 1.54) is 44.9 Å². The summed E-state index contributed by atoms with van der Waals surface area (Å²) in [5.41, 5.74) is 0.498. The van der Waals surface area contributed by atoms with Crippen molar-refractivity contribution in [3.63, 3.8) is 0 Å². The lowest BCUT2D eigenvalue weighted by Crippen LogP contribution is -2.49. The molecule has 3 fully saturated rings. The summed E-state index contributed by atoms with van der Waals surface area (Å²) in [7, 11) is 0. The molecular weight excluding hydrogens is 260 g/mol. The summed E-state index contributed by atoms with van der Waals surface area (Å²) in [6.07, 6.45) is 10.5. The molecule has 1 atom stereocenters. The monoisotopic (exact) mass is 286 g/mol. The van der Waals surface area contributed by atoms with Crippen molar-refractivity contribution in [1.82, 2.24) is 10.2 Å². The molecule has 1 saturated carbocycles. The minimum Gasteiger partial charge on any atom is -0.342 e. The number of halogens is 1. The Kier molecular flexibility index (Phi) is 5.13. The number of amides is 1. The predicted molar refractivity (Wildman–Crippen MR) is 79.6 cm³/mol. The standard InChI is InChI=1S/C15H26N2O.ClH/c18-14(13-5-9-16-11-13)17-10-4-8-15(12-17)6-2-1-3-7-15;/h13,16H,1-12H2;1H. The second kappa shape index (κ2) is 6.45. The van der Waals surface area contributed by atoms with Gasteiger partial charge in [0, 0.05) is 19.6 Å². The van der Waals surface area contributed by atoms with Crippen molar-refractivity contribution in [3.05, 3.63) is 0 Å². The highest BCUT2D eigenvalue weighted by atomic mass is 35.5. The number of rotatable bonds is 1. The first kappa shape index (κ1) is 15.1. The largest absolute Gasteiger partial charge is 0.342 e. The lowest BCUT2D eigenvalue weighted by atomic mass is 9.69. The van der Waals surface area contributed by atoms with Crippen LogP contribution in [0.2, 0.25) is 0 Å². The van der Waals surface area contributed by atoms with Gasteiger partial charge >= 0.3 is 0 Å². The molecule has 3 rings (SSSR count). The van der Waals surface area contributed by atoms with Crippen LogP contribution in [0.25, 0.3) is 0 Å². The molecule has 2 saturated heterocycles. The highest BCUT2D eigenvalue weighted by Gasteiger charge is 2.39. The molecule has 110 valence electrons. The second-order valence-electron chi connectivity index (χ2n) is 6.61. The fraction of sp³-hybridized carbons (Fsp3) is 0.933. The van der Waals surface area contributed by atoms with Gasteiger partial charge in [-0.05, 0) is 44.1 Å². The molecule has 2 heterocycles. The van der Waals surface area contributed by atoms with Crippen molar-refractivity contribution < 1.29 is 4.79 Å². The van der Waals surface area contributed by atoms with Crippen LogP contribution in [0.5, 0.6) is 0 Å². The first-order valence-corrected chi connectivity index (χ1v) is 7.79. The summed E-state index contributed by atoms with van der Waals surface area (Å²) in [6.45, 7) is 4.00. The van der Waals surface area contributed by atoms with Crippen molar-refractivity contribution in [3.8, 4) is 0 Å². The maximum absolute atomic E-state index is 12.5. The molecule has 1 aliphatic carbocycles. The molecule has 1 unspecified atom stereocenters. The van der Waals surface area contributed by atoms with Crippen LogP contribution in [0, 0.1) is 11.3 Å². The van der Waals surface area contributed by atoms with Crippen molar-refractivity contribution in [2.75, 3.05) is 26.2 Å². The van der Waals surface area contributed by atoms with E-state index >= 15 is 0 Å². The number of carbonyl (C=O) groups is 1. The molecule has 4 heteroatoms. The van der Waals surface area contributed by atoms with Crippen LogP contribution >= 0.6 is 12.4 Å². The van der Waals surface area contributed by atoms with E-state index in [9.17, 15) is 4.79 Å². The van der Waals surface area contributed by atoms with Gasteiger partial charge in [-0.25, -0.2) is 0 Å². The van der Waals surface area contributed by atoms with Crippen LogP contribution in [-0.4, -0.2) is 37.0 Å². The molecule has 0 aromatic carbocycles. The first-order valence-electron chi connectivity index (χ1n) is 7.79. The van der Waals surface area contributed by atoms with E-state index in [1.54, 1.807) is 0 Å². The number of nitrogens with one attached hydrogen (secondary N) is 1. The highest BCUT2D eigenvalue weighted by molar-refractivity contribution is 5.85. The molecule has 0 bridgehead atoms. The third kappa shape index (κ3) is 3.25. The smallest absolute Gasteiger partial charge is 0.227 e. The zero-order chi connectivity index (χ0) is 12.4. The molecule has 0 aromatic heterocycles. The molecule has 1 N–H and O–H groups in total. The Morgan fingerprint density at radius 2 is 1.84 bits per heavy atom. The molecule has 3 nitrogen and oxygen atoms in total. The van der Waals surface area contributed by atoms with Crippen molar-refractivity contribution in [2.45, 2.75) is 51.4 Å². The number of hydrogen-bond donors (Lipinski definition) is 1. The quantitative estimate of drug-likeness (QED) is 0.804. The van der Waals surface area contributed by atoms with E-state index in [1.807, 2.05) is 0 Å². The van der Waals surface area contributed by atoms with E-state index in [4.69, 9.17) is 0 Å². The zero-order valence-electron chi connectivity index (χ0n) is 11.8. The molecule has 0 aromatic rings. The van der Waals surface area contributed by atoms with Gasteiger partial charge in [0.1, 0.15) is 0 Å². The summed E-state index contributed by atoms with van der Waals surface area (Å²) in [5, 5.41) is 3.32. The molecule has 19 heavy (non-hydrogen) atoms. The number of nitrogens with zero attached hydrogens (tertiary/aromatic N) is 1. The van der Waals surface area contributed by atoms with Crippen molar-refractivity contribution >= 4 is 18.3 Å². The van der Waals surface area contributed by atoms with Crippen molar-refractivity contribution in [2.24, 2.45) is 11.3 Å². The van der Waals surface area contributed by atoms with E-state index in [-0.39, 0.29) is 18.3 Å². The highest BCUT2D eigenvalue weighted by Crippen LogP contribution is 2.43.